The lowest BCUT2D eigenvalue weighted by molar-refractivity contribution is 0.0987. The fourth-order valence-electron chi connectivity index (χ4n) is 1.19. The molecule has 1 aromatic heterocycles. The molecule has 0 aliphatic heterocycles. The van der Waals surface area contributed by atoms with Crippen LogP contribution in [0.3, 0.4) is 0 Å². The summed E-state index contributed by atoms with van der Waals surface area (Å²) < 4.78 is 5.34. The minimum Gasteiger partial charge on any atom is -0.437 e. The van der Waals surface area contributed by atoms with Crippen LogP contribution in [-0.2, 0) is 0 Å². The van der Waals surface area contributed by atoms with Crippen molar-refractivity contribution in [3.05, 3.63) is 17.9 Å². The number of carbonyl (C=O) groups excluding carboxylic acids is 1. The van der Waals surface area contributed by atoms with Gasteiger partial charge in [0.1, 0.15) is 0 Å². The Labute approximate surface area is 89.1 Å². The topological polar surface area (TPSA) is 57.2 Å². The van der Waals surface area contributed by atoms with E-state index in [1.54, 1.807) is 12.1 Å². The van der Waals surface area contributed by atoms with Crippen molar-refractivity contribution in [3.8, 4) is 6.07 Å². The number of hydrogen-bond donors (Lipinski definition) is 0. The van der Waals surface area contributed by atoms with Gasteiger partial charge >= 0.3 is 0 Å². The largest absolute Gasteiger partial charge is 0.437 e. The summed E-state index contributed by atoms with van der Waals surface area (Å²) in [6, 6.07) is 5.55. The van der Waals surface area contributed by atoms with Crippen molar-refractivity contribution in [2.75, 3.05) is 11.9 Å². The number of ketones is 1. The van der Waals surface area contributed by atoms with E-state index >= 15 is 0 Å². The molecule has 0 amide bonds. The maximum absolute atomic E-state index is 11.0. The Bertz CT molecular complexity index is 390. The molecule has 0 bridgehead atoms. The van der Waals surface area contributed by atoms with Crippen molar-refractivity contribution in [1.82, 2.24) is 0 Å². The summed E-state index contributed by atoms with van der Waals surface area (Å²) in [7, 11) is 1.84. The number of furan rings is 1. The zero-order valence-electron chi connectivity index (χ0n) is 9.15. The molecule has 80 valence electrons. The lowest BCUT2D eigenvalue weighted by Gasteiger charge is -2.21. The van der Waals surface area contributed by atoms with Gasteiger partial charge in [0.2, 0.25) is 0 Å². The molecule has 0 saturated carbocycles. The third-order valence-corrected chi connectivity index (χ3v) is 2.33. The fourth-order valence-corrected chi connectivity index (χ4v) is 1.19. The Hall–Kier alpha value is -1.76. The molecular formula is C11H14N2O2. The van der Waals surface area contributed by atoms with Crippen LogP contribution in [0.15, 0.2) is 16.5 Å². The average molecular weight is 206 g/mol. The molecule has 0 aliphatic carbocycles. The van der Waals surface area contributed by atoms with Gasteiger partial charge in [-0.2, -0.15) is 5.26 Å². The van der Waals surface area contributed by atoms with Gasteiger partial charge in [0.05, 0.1) is 12.5 Å². The van der Waals surface area contributed by atoms with Crippen LogP contribution in [0, 0.1) is 11.3 Å². The van der Waals surface area contributed by atoms with E-state index in [9.17, 15) is 4.79 Å². The van der Waals surface area contributed by atoms with Crippen molar-refractivity contribution >= 4 is 11.7 Å². The van der Waals surface area contributed by atoms with Gasteiger partial charge in [0, 0.05) is 26.1 Å². The number of nitriles is 1. The Morgan fingerprint density at radius 3 is 2.80 bits per heavy atom. The van der Waals surface area contributed by atoms with E-state index in [2.05, 4.69) is 6.07 Å². The van der Waals surface area contributed by atoms with E-state index in [1.165, 1.54) is 6.92 Å². The molecule has 0 aromatic carbocycles. The van der Waals surface area contributed by atoms with E-state index in [0.29, 0.717) is 18.1 Å². The number of anilines is 1. The Kier molecular flexibility index (Phi) is 3.51. The van der Waals surface area contributed by atoms with Gasteiger partial charge < -0.3 is 9.32 Å². The lowest BCUT2D eigenvalue weighted by Crippen LogP contribution is -2.27. The van der Waals surface area contributed by atoms with Crippen LogP contribution in [0.5, 0.6) is 0 Å². The summed E-state index contributed by atoms with van der Waals surface area (Å²) in [5.41, 5.74) is 0. The van der Waals surface area contributed by atoms with Crippen LogP contribution in [0.2, 0.25) is 0 Å². The second kappa shape index (κ2) is 4.65. The van der Waals surface area contributed by atoms with Gasteiger partial charge in [-0.05, 0) is 13.0 Å². The Morgan fingerprint density at radius 2 is 2.33 bits per heavy atom. The van der Waals surface area contributed by atoms with Gasteiger partial charge in [-0.1, -0.05) is 0 Å². The van der Waals surface area contributed by atoms with Crippen LogP contribution >= 0.6 is 0 Å². The Morgan fingerprint density at radius 1 is 1.67 bits per heavy atom. The molecule has 0 radical (unpaired) electrons. The minimum atomic E-state index is -0.0948. The summed E-state index contributed by atoms with van der Waals surface area (Å²) in [5, 5.41) is 8.56. The first-order valence-corrected chi connectivity index (χ1v) is 4.76. The number of nitrogens with zero attached hydrogens (tertiary/aromatic N) is 2. The predicted octanol–water partition coefficient (Wildman–Crippen LogP) is 2.22. The summed E-state index contributed by atoms with van der Waals surface area (Å²) in [4.78, 5) is 12.9. The molecular weight excluding hydrogens is 192 g/mol. The molecule has 0 spiro atoms. The third-order valence-electron chi connectivity index (χ3n) is 2.33. The molecule has 1 rings (SSSR count). The van der Waals surface area contributed by atoms with E-state index in [0.717, 1.165) is 0 Å². The monoisotopic (exact) mass is 206 g/mol. The zero-order valence-corrected chi connectivity index (χ0v) is 9.15. The van der Waals surface area contributed by atoms with Crippen LogP contribution < -0.4 is 4.90 Å². The minimum absolute atomic E-state index is 0.0703. The molecule has 1 atom stereocenters. The van der Waals surface area contributed by atoms with Crippen molar-refractivity contribution in [2.24, 2.45) is 0 Å². The number of Topliss-reactive ketones (excluding diaryl/α,β-unsaturated/α-hetero) is 1. The van der Waals surface area contributed by atoms with Crippen molar-refractivity contribution < 1.29 is 9.21 Å². The highest BCUT2D eigenvalue weighted by molar-refractivity contribution is 5.91. The van der Waals surface area contributed by atoms with Crippen LogP contribution in [0.25, 0.3) is 0 Å². The van der Waals surface area contributed by atoms with Crippen LogP contribution in [0.1, 0.15) is 30.8 Å². The second-order valence-electron chi connectivity index (χ2n) is 3.52. The fraction of sp³-hybridized carbons (Fsp3) is 0.455. The number of carbonyl (C=O) groups is 1. The van der Waals surface area contributed by atoms with Gasteiger partial charge in [-0.25, -0.2) is 0 Å². The van der Waals surface area contributed by atoms with Gasteiger partial charge in [0.15, 0.2) is 17.4 Å². The van der Waals surface area contributed by atoms with Gasteiger partial charge in [-0.15, -0.1) is 0 Å². The molecule has 0 fully saturated rings. The molecule has 0 saturated heterocycles. The van der Waals surface area contributed by atoms with Gasteiger partial charge in [-0.3, -0.25) is 4.79 Å². The lowest BCUT2D eigenvalue weighted by atomic mass is 10.2. The molecule has 4 nitrogen and oxygen atoms in total. The van der Waals surface area contributed by atoms with E-state index < -0.39 is 0 Å². The van der Waals surface area contributed by atoms with E-state index in [1.807, 2.05) is 18.9 Å². The molecule has 0 aliphatic rings. The van der Waals surface area contributed by atoms with E-state index in [4.69, 9.17) is 9.68 Å². The van der Waals surface area contributed by atoms with Crippen molar-refractivity contribution in [3.63, 3.8) is 0 Å². The molecule has 1 aromatic rings. The standard InChI is InChI=1S/C11H14N2O2/c1-8(6-7-12)13(3)11-5-4-10(15-11)9(2)14/h4-5,8H,6H2,1-3H3. The highest BCUT2D eigenvalue weighted by Gasteiger charge is 2.14. The molecule has 4 heteroatoms. The average Bonchev–Trinajstić information content (AvgIpc) is 2.65. The van der Waals surface area contributed by atoms with Crippen molar-refractivity contribution in [2.45, 2.75) is 26.3 Å². The SMILES string of the molecule is CC(=O)c1ccc(N(C)C(C)CC#N)o1. The summed E-state index contributed by atoms with van der Waals surface area (Å²) in [5.74, 6) is 0.867. The maximum Gasteiger partial charge on any atom is 0.196 e. The maximum atomic E-state index is 11.0. The molecule has 1 heterocycles. The molecule has 15 heavy (non-hydrogen) atoms. The smallest absolute Gasteiger partial charge is 0.196 e. The third kappa shape index (κ3) is 2.59. The first kappa shape index (κ1) is 11.3. The molecule has 1 unspecified atom stereocenters. The summed E-state index contributed by atoms with van der Waals surface area (Å²) >= 11 is 0. The molecule has 0 N–H and O–H groups in total. The Balaban J connectivity index is 2.78. The normalized spacial score (nSPS) is 11.9. The number of hydrogen-bond acceptors (Lipinski definition) is 4. The highest BCUT2D eigenvalue weighted by Crippen LogP contribution is 2.20. The quantitative estimate of drug-likeness (QED) is 0.709. The first-order valence-electron chi connectivity index (χ1n) is 4.76. The van der Waals surface area contributed by atoms with Crippen molar-refractivity contribution in [1.29, 1.82) is 5.26 Å². The van der Waals surface area contributed by atoms with Crippen LogP contribution in [-0.4, -0.2) is 18.9 Å². The zero-order chi connectivity index (χ0) is 11.4. The summed E-state index contributed by atoms with van der Waals surface area (Å²) in [6.07, 6.45) is 0.423. The second-order valence-corrected chi connectivity index (χ2v) is 3.52. The van der Waals surface area contributed by atoms with Gasteiger partial charge in [0.25, 0.3) is 0 Å². The summed E-state index contributed by atoms with van der Waals surface area (Å²) in [6.45, 7) is 3.39. The number of rotatable bonds is 4. The first-order chi connectivity index (χ1) is 7.06. The predicted molar refractivity (Wildman–Crippen MR) is 56.8 cm³/mol. The van der Waals surface area contributed by atoms with Crippen LogP contribution in [0.4, 0.5) is 5.88 Å². The van der Waals surface area contributed by atoms with E-state index in [-0.39, 0.29) is 11.8 Å². The highest BCUT2D eigenvalue weighted by atomic mass is 16.4.